The Bertz CT molecular complexity index is 543. The first-order valence-corrected chi connectivity index (χ1v) is 5.27. The summed E-state index contributed by atoms with van der Waals surface area (Å²) in [6.07, 6.45) is -1.14. The van der Waals surface area contributed by atoms with Gasteiger partial charge >= 0.3 is 0 Å². The number of hydrogen-bond donors (Lipinski definition) is 0. The van der Waals surface area contributed by atoms with Crippen molar-refractivity contribution in [2.24, 2.45) is 0 Å². The van der Waals surface area contributed by atoms with Crippen molar-refractivity contribution in [3.8, 4) is 16.5 Å². The molecule has 2 nitrogen and oxygen atoms in total. The van der Waals surface area contributed by atoms with Crippen molar-refractivity contribution < 1.29 is 8.78 Å². The molecule has 1 aromatic carbocycles. The Balaban J connectivity index is 2.39. The van der Waals surface area contributed by atoms with Crippen LogP contribution in [0, 0.1) is 11.3 Å². The summed E-state index contributed by atoms with van der Waals surface area (Å²) >= 11 is 0.943. The van der Waals surface area contributed by atoms with Gasteiger partial charge in [-0.25, -0.2) is 13.8 Å². The molecule has 0 aliphatic rings. The SMILES string of the molecule is N#Cc1cccc(-c2cnc(C(F)F)s2)c1. The average molecular weight is 236 g/mol. The number of alkyl halides is 2. The predicted molar refractivity (Wildman–Crippen MR) is 57.2 cm³/mol. The molecular formula is C11H6F2N2S. The molecule has 0 fully saturated rings. The minimum absolute atomic E-state index is 0.197. The maximum atomic E-state index is 12.3. The third-order valence-electron chi connectivity index (χ3n) is 1.99. The van der Waals surface area contributed by atoms with Gasteiger partial charge in [0.25, 0.3) is 6.43 Å². The van der Waals surface area contributed by atoms with E-state index in [0.717, 1.165) is 16.9 Å². The van der Waals surface area contributed by atoms with Gasteiger partial charge in [-0.1, -0.05) is 12.1 Å². The van der Waals surface area contributed by atoms with Gasteiger partial charge in [-0.05, 0) is 17.7 Å². The molecule has 0 radical (unpaired) electrons. The molecule has 0 saturated carbocycles. The Morgan fingerprint density at radius 2 is 2.19 bits per heavy atom. The van der Waals surface area contributed by atoms with Gasteiger partial charge in [-0.15, -0.1) is 11.3 Å². The molecule has 0 aliphatic carbocycles. The van der Waals surface area contributed by atoms with Gasteiger partial charge in [0.05, 0.1) is 16.5 Å². The number of benzene rings is 1. The summed E-state index contributed by atoms with van der Waals surface area (Å²) in [6.45, 7) is 0. The lowest BCUT2D eigenvalue weighted by atomic mass is 10.1. The van der Waals surface area contributed by atoms with E-state index in [0.29, 0.717) is 10.4 Å². The summed E-state index contributed by atoms with van der Waals surface area (Å²) in [5.74, 6) is 0. The first-order chi connectivity index (χ1) is 7.70. The van der Waals surface area contributed by atoms with E-state index in [1.165, 1.54) is 6.20 Å². The van der Waals surface area contributed by atoms with Crippen molar-refractivity contribution >= 4 is 11.3 Å². The second kappa shape index (κ2) is 4.37. The Hall–Kier alpha value is -1.80. The molecule has 5 heteroatoms. The van der Waals surface area contributed by atoms with Gasteiger partial charge in [-0.3, -0.25) is 0 Å². The number of rotatable bonds is 2. The molecule has 0 unspecified atom stereocenters. The highest BCUT2D eigenvalue weighted by molar-refractivity contribution is 7.15. The van der Waals surface area contributed by atoms with Crippen LogP contribution in [0.4, 0.5) is 8.78 Å². The smallest absolute Gasteiger partial charge is 0.243 e. The van der Waals surface area contributed by atoms with E-state index in [1.807, 2.05) is 6.07 Å². The number of nitriles is 1. The zero-order valence-corrected chi connectivity index (χ0v) is 8.84. The second-order valence-electron chi connectivity index (χ2n) is 3.06. The van der Waals surface area contributed by atoms with E-state index in [1.54, 1.807) is 24.3 Å². The van der Waals surface area contributed by atoms with E-state index in [-0.39, 0.29) is 5.01 Å². The quantitative estimate of drug-likeness (QED) is 0.798. The van der Waals surface area contributed by atoms with Crippen molar-refractivity contribution in [3.63, 3.8) is 0 Å². The summed E-state index contributed by atoms with van der Waals surface area (Å²) in [7, 11) is 0. The molecule has 80 valence electrons. The number of aromatic nitrogens is 1. The van der Waals surface area contributed by atoms with E-state index >= 15 is 0 Å². The van der Waals surface area contributed by atoms with Crippen LogP contribution in [0.3, 0.4) is 0 Å². The number of thiazole rings is 1. The van der Waals surface area contributed by atoms with Gasteiger partial charge < -0.3 is 0 Å². The average Bonchev–Trinajstić information content (AvgIpc) is 2.78. The van der Waals surface area contributed by atoms with Gasteiger partial charge in [0.15, 0.2) is 5.01 Å². The minimum atomic E-state index is -2.54. The maximum absolute atomic E-state index is 12.3. The summed E-state index contributed by atoms with van der Waals surface area (Å²) in [5.41, 5.74) is 1.24. The zero-order valence-electron chi connectivity index (χ0n) is 8.02. The molecule has 0 bridgehead atoms. The van der Waals surface area contributed by atoms with Gasteiger partial charge in [-0.2, -0.15) is 5.26 Å². The first-order valence-electron chi connectivity index (χ1n) is 4.45. The minimum Gasteiger partial charge on any atom is -0.243 e. The molecule has 2 aromatic rings. The summed E-state index contributed by atoms with van der Waals surface area (Å²) < 4.78 is 24.7. The van der Waals surface area contributed by atoms with Crippen LogP contribution in [-0.2, 0) is 0 Å². The Morgan fingerprint density at radius 3 is 2.81 bits per heavy atom. The molecule has 0 amide bonds. The molecule has 0 saturated heterocycles. The van der Waals surface area contributed by atoms with Crippen molar-refractivity contribution in [1.29, 1.82) is 5.26 Å². The van der Waals surface area contributed by atoms with Crippen molar-refractivity contribution in [3.05, 3.63) is 41.0 Å². The van der Waals surface area contributed by atoms with E-state index in [9.17, 15) is 8.78 Å². The lowest BCUT2D eigenvalue weighted by Gasteiger charge is -1.96. The van der Waals surface area contributed by atoms with E-state index in [4.69, 9.17) is 5.26 Å². The van der Waals surface area contributed by atoms with Crippen molar-refractivity contribution in [1.82, 2.24) is 4.98 Å². The Morgan fingerprint density at radius 1 is 1.38 bits per heavy atom. The molecular weight excluding hydrogens is 230 g/mol. The Kier molecular flexibility index (Phi) is 2.93. The monoisotopic (exact) mass is 236 g/mol. The van der Waals surface area contributed by atoms with Crippen LogP contribution >= 0.6 is 11.3 Å². The maximum Gasteiger partial charge on any atom is 0.289 e. The second-order valence-corrected chi connectivity index (χ2v) is 4.12. The van der Waals surface area contributed by atoms with E-state index in [2.05, 4.69) is 4.98 Å². The molecule has 0 N–H and O–H groups in total. The fourth-order valence-electron chi connectivity index (χ4n) is 1.26. The molecule has 1 heterocycles. The van der Waals surface area contributed by atoms with Crippen LogP contribution in [0.5, 0.6) is 0 Å². The van der Waals surface area contributed by atoms with Crippen LogP contribution in [0.1, 0.15) is 17.0 Å². The Labute approximate surface area is 94.8 Å². The van der Waals surface area contributed by atoms with Crippen molar-refractivity contribution in [2.45, 2.75) is 6.43 Å². The molecule has 0 spiro atoms. The summed E-state index contributed by atoms with van der Waals surface area (Å²) in [6, 6.07) is 8.81. The topological polar surface area (TPSA) is 36.7 Å². The van der Waals surface area contributed by atoms with Crippen LogP contribution in [0.2, 0.25) is 0 Å². The lowest BCUT2D eigenvalue weighted by molar-refractivity contribution is 0.151. The lowest BCUT2D eigenvalue weighted by Crippen LogP contribution is -1.77. The zero-order chi connectivity index (χ0) is 11.5. The van der Waals surface area contributed by atoms with E-state index < -0.39 is 6.43 Å². The molecule has 0 atom stereocenters. The number of hydrogen-bond acceptors (Lipinski definition) is 3. The van der Waals surface area contributed by atoms with Crippen LogP contribution in [-0.4, -0.2) is 4.98 Å². The third-order valence-corrected chi connectivity index (χ3v) is 3.04. The fraction of sp³-hybridized carbons (Fsp3) is 0.0909. The molecule has 2 rings (SSSR count). The van der Waals surface area contributed by atoms with Crippen LogP contribution < -0.4 is 0 Å². The van der Waals surface area contributed by atoms with Gasteiger partial charge in [0.2, 0.25) is 0 Å². The van der Waals surface area contributed by atoms with Crippen LogP contribution in [0.15, 0.2) is 30.5 Å². The molecule has 16 heavy (non-hydrogen) atoms. The number of halogens is 2. The van der Waals surface area contributed by atoms with Gasteiger partial charge in [0.1, 0.15) is 0 Å². The highest BCUT2D eigenvalue weighted by atomic mass is 32.1. The third kappa shape index (κ3) is 2.07. The largest absolute Gasteiger partial charge is 0.289 e. The highest BCUT2D eigenvalue weighted by Crippen LogP contribution is 2.31. The molecule has 0 aliphatic heterocycles. The predicted octanol–water partition coefficient (Wildman–Crippen LogP) is 3.62. The first kappa shape index (κ1) is 10.7. The van der Waals surface area contributed by atoms with Gasteiger partial charge in [0, 0.05) is 6.20 Å². The summed E-state index contributed by atoms with van der Waals surface area (Å²) in [4.78, 5) is 4.28. The fourth-order valence-corrected chi connectivity index (χ4v) is 2.03. The molecule has 1 aromatic heterocycles. The summed E-state index contributed by atoms with van der Waals surface area (Å²) in [5, 5.41) is 8.52. The number of nitrogens with zero attached hydrogens (tertiary/aromatic N) is 2. The van der Waals surface area contributed by atoms with Crippen LogP contribution in [0.25, 0.3) is 10.4 Å². The standard InChI is InChI=1S/C11H6F2N2S/c12-10(13)11-15-6-9(16-11)8-3-1-2-7(4-8)5-14/h1-4,6,10H. The van der Waals surface area contributed by atoms with Crippen molar-refractivity contribution in [2.75, 3.05) is 0 Å². The normalized spacial score (nSPS) is 10.4. The highest BCUT2D eigenvalue weighted by Gasteiger charge is 2.13.